The maximum absolute atomic E-state index is 12.4. The van der Waals surface area contributed by atoms with Gasteiger partial charge in [-0.2, -0.15) is 5.26 Å². The molecule has 0 heterocycles. The van der Waals surface area contributed by atoms with Crippen LogP contribution in [0.25, 0.3) is 11.1 Å². The molecule has 2 aromatic rings. The molecule has 0 aliphatic heterocycles. The molecular weight excluding hydrogens is 248 g/mol. The van der Waals surface area contributed by atoms with Crippen LogP contribution in [-0.4, -0.2) is 24.4 Å². The van der Waals surface area contributed by atoms with Crippen LogP contribution >= 0.6 is 0 Å². The second-order valence-corrected chi connectivity index (χ2v) is 4.52. The topological polar surface area (TPSA) is 44.1 Å². The predicted octanol–water partition coefficient (Wildman–Crippen LogP) is 3.32. The molecule has 20 heavy (non-hydrogen) atoms. The van der Waals surface area contributed by atoms with E-state index in [-0.39, 0.29) is 5.91 Å². The summed E-state index contributed by atoms with van der Waals surface area (Å²) >= 11 is 0. The summed E-state index contributed by atoms with van der Waals surface area (Å²) in [6.07, 6.45) is 0. The normalized spacial score (nSPS) is 9.85. The van der Waals surface area contributed by atoms with E-state index in [0.717, 1.165) is 11.1 Å². The number of hydrogen-bond acceptors (Lipinski definition) is 2. The van der Waals surface area contributed by atoms with Crippen LogP contribution in [0.4, 0.5) is 0 Å². The Bertz CT molecular complexity index is 671. The second kappa shape index (κ2) is 6.03. The standard InChI is InChI=1S/C17H16N2O/c1-3-19(2)17(20)16-11-7-6-10-15(16)14-9-5-4-8-13(14)12-18/h4-11H,3H2,1-2H3. The van der Waals surface area contributed by atoms with Crippen molar-refractivity contribution in [3.63, 3.8) is 0 Å². The first-order chi connectivity index (χ1) is 9.69. The SMILES string of the molecule is CCN(C)C(=O)c1ccccc1-c1ccccc1C#N. The summed E-state index contributed by atoms with van der Waals surface area (Å²) in [5.41, 5.74) is 2.80. The third-order valence-corrected chi connectivity index (χ3v) is 3.32. The van der Waals surface area contributed by atoms with Crippen LogP contribution in [0, 0.1) is 11.3 Å². The molecule has 2 rings (SSSR count). The number of nitriles is 1. The third-order valence-electron chi connectivity index (χ3n) is 3.32. The van der Waals surface area contributed by atoms with Crippen molar-refractivity contribution in [2.75, 3.05) is 13.6 Å². The van der Waals surface area contributed by atoms with E-state index < -0.39 is 0 Å². The number of nitrogens with zero attached hydrogens (tertiary/aromatic N) is 2. The van der Waals surface area contributed by atoms with Crippen molar-refractivity contribution in [3.05, 3.63) is 59.7 Å². The van der Waals surface area contributed by atoms with E-state index in [9.17, 15) is 10.1 Å². The van der Waals surface area contributed by atoms with E-state index in [4.69, 9.17) is 0 Å². The van der Waals surface area contributed by atoms with Crippen molar-refractivity contribution in [3.8, 4) is 17.2 Å². The van der Waals surface area contributed by atoms with Gasteiger partial charge in [0.1, 0.15) is 0 Å². The van der Waals surface area contributed by atoms with E-state index in [0.29, 0.717) is 17.7 Å². The first-order valence-electron chi connectivity index (χ1n) is 6.53. The van der Waals surface area contributed by atoms with Gasteiger partial charge in [-0.1, -0.05) is 36.4 Å². The molecule has 0 saturated heterocycles. The van der Waals surface area contributed by atoms with Crippen LogP contribution < -0.4 is 0 Å². The highest BCUT2D eigenvalue weighted by molar-refractivity contribution is 6.01. The van der Waals surface area contributed by atoms with Crippen LogP contribution in [0.15, 0.2) is 48.5 Å². The lowest BCUT2D eigenvalue weighted by Gasteiger charge is -2.17. The molecule has 0 radical (unpaired) electrons. The minimum absolute atomic E-state index is 0.0316. The van der Waals surface area contributed by atoms with Gasteiger partial charge in [0, 0.05) is 24.7 Å². The van der Waals surface area contributed by atoms with Gasteiger partial charge < -0.3 is 4.90 Å². The van der Waals surface area contributed by atoms with Crippen molar-refractivity contribution in [2.24, 2.45) is 0 Å². The molecule has 0 bridgehead atoms. The van der Waals surface area contributed by atoms with Crippen LogP contribution in [0.1, 0.15) is 22.8 Å². The fourth-order valence-corrected chi connectivity index (χ4v) is 2.07. The van der Waals surface area contributed by atoms with E-state index in [1.807, 2.05) is 43.3 Å². The minimum atomic E-state index is -0.0316. The van der Waals surface area contributed by atoms with Crippen molar-refractivity contribution < 1.29 is 4.79 Å². The van der Waals surface area contributed by atoms with E-state index in [1.165, 1.54) is 0 Å². The third kappa shape index (κ3) is 2.55. The second-order valence-electron chi connectivity index (χ2n) is 4.52. The number of carbonyl (C=O) groups is 1. The van der Waals surface area contributed by atoms with Gasteiger partial charge in [0.2, 0.25) is 0 Å². The zero-order chi connectivity index (χ0) is 14.5. The van der Waals surface area contributed by atoms with Gasteiger partial charge in [-0.05, 0) is 24.6 Å². The van der Waals surface area contributed by atoms with Gasteiger partial charge in [0.25, 0.3) is 5.91 Å². The molecule has 0 spiro atoms. The number of amides is 1. The molecule has 0 aliphatic rings. The van der Waals surface area contributed by atoms with Gasteiger partial charge in [-0.25, -0.2) is 0 Å². The summed E-state index contributed by atoms with van der Waals surface area (Å²) in [4.78, 5) is 14.1. The molecule has 0 unspecified atom stereocenters. The van der Waals surface area contributed by atoms with Gasteiger partial charge in [-0.3, -0.25) is 4.79 Å². The maximum Gasteiger partial charge on any atom is 0.254 e. The number of hydrogen-bond donors (Lipinski definition) is 0. The highest BCUT2D eigenvalue weighted by atomic mass is 16.2. The van der Waals surface area contributed by atoms with Crippen LogP contribution in [0.5, 0.6) is 0 Å². The largest absolute Gasteiger partial charge is 0.342 e. The molecule has 2 aromatic carbocycles. The summed E-state index contributed by atoms with van der Waals surface area (Å²) < 4.78 is 0. The average molecular weight is 264 g/mol. The highest BCUT2D eigenvalue weighted by Gasteiger charge is 2.16. The molecule has 0 N–H and O–H groups in total. The number of benzene rings is 2. The molecule has 100 valence electrons. The quantitative estimate of drug-likeness (QED) is 0.853. The Labute approximate surface area is 119 Å². The lowest BCUT2D eigenvalue weighted by Crippen LogP contribution is -2.26. The van der Waals surface area contributed by atoms with Crippen LogP contribution in [0.2, 0.25) is 0 Å². The number of rotatable bonds is 3. The molecular formula is C17H16N2O. The summed E-state index contributed by atoms with van der Waals surface area (Å²) in [5.74, 6) is -0.0316. The fraction of sp³-hybridized carbons (Fsp3) is 0.176. The Hall–Kier alpha value is -2.60. The Balaban J connectivity index is 2.59. The summed E-state index contributed by atoms with van der Waals surface area (Å²) in [6.45, 7) is 2.58. The zero-order valence-electron chi connectivity index (χ0n) is 11.6. The van der Waals surface area contributed by atoms with Crippen LogP contribution in [0.3, 0.4) is 0 Å². The molecule has 0 fully saturated rings. The van der Waals surface area contributed by atoms with Gasteiger partial charge in [0.15, 0.2) is 0 Å². The lowest BCUT2D eigenvalue weighted by molar-refractivity contribution is 0.0803. The Kier molecular flexibility index (Phi) is 4.17. The summed E-state index contributed by atoms with van der Waals surface area (Å²) in [6, 6.07) is 16.9. The van der Waals surface area contributed by atoms with E-state index in [2.05, 4.69) is 6.07 Å². The highest BCUT2D eigenvalue weighted by Crippen LogP contribution is 2.27. The Morgan fingerprint density at radius 1 is 1.10 bits per heavy atom. The van der Waals surface area contributed by atoms with Gasteiger partial charge in [0.05, 0.1) is 11.6 Å². The average Bonchev–Trinajstić information content (AvgIpc) is 2.53. The first-order valence-corrected chi connectivity index (χ1v) is 6.53. The van der Waals surface area contributed by atoms with E-state index in [1.54, 1.807) is 24.1 Å². The molecule has 0 aliphatic carbocycles. The van der Waals surface area contributed by atoms with Crippen molar-refractivity contribution in [2.45, 2.75) is 6.92 Å². The van der Waals surface area contributed by atoms with Gasteiger partial charge >= 0.3 is 0 Å². The fourth-order valence-electron chi connectivity index (χ4n) is 2.07. The maximum atomic E-state index is 12.4. The smallest absolute Gasteiger partial charge is 0.254 e. The number of carbonyl (C=O) groups excluding carboxylic acids is 1. The monoisotopic (exact) mass is 264 g/mol. The molecule has 1 amide bonds. The molecule has 0 saturated carbocycles. The zero-order valence-corrected chi connectivity index (χ0v) is 11.6. The van der Waals surface area contributed by atoms with Crippen molar-refractivity contribution >= 4 is 5.91 Å². The molecule has 3 heteroatoms. The van der Waals surface area contributed by atoms with Crippen molar-refractivity contribution in [1.82, 2.24) is 4.90 Å². The van der Waals surface area contributed by atoms with E-state index >= 15 is 0 Å². The molecule has 0 atom stereocenters. The predicted molar refractivity (Wildman–Crippen MR) is 79.2 cm³/mol. The first kappa shape index (κ1) is 13.8. The molecule has 3 nitrogen and oxygen atoms in total. The summed E-state index contributed by atoms with van der Waals surface area (Å²) in [7, 11) is 1.77. The van der Waals surface area contributed by atoms with Crippen molar-refractivity contribution in [1.29, 1.82) is 5.26 Å². The summed E-state index contributed by atoms with van der Waals surface area (Å²) in [5, 5.41) is 9.22. The van der Waals surface area contributed by atoms with Gasteiger partial charge in [-0.15, -0.1) is 0 Å². The lowest BCUT2D eigenvalue weighted by atomic mass is 9.95. The Morgan fingerprint density at radius 3 is 2.35 bits per heavy atom. The Morgan fingerprint density at radius 2 is 1.70 bits per heavy atom. The van der Waals surface area contributed by atoms with Crippen LogP contribution in [-0.2, 0) is 0 Å². The minimum Gasteiger partial charge on any atom is -0.342 e. The molecule has 0 aromatic heterocycles.